The molecule has 0 saturated carbocycles. The first kappa shape index (κ1) is 16.2. The lowest BCUT2D eigenvalue weighted by molar-refractivity contribution is -0.144. The summed E-state index contributed by atoms with van der Waals surface area (Å²) in [6, 6.07) is 12.9. The highest BCUT2D eigenvalue weighted by Crippen LogP contribution is 2.36. The van der Waals surface area contributed by atoms with E-state index >= 15 is 0 Å². The summed E-state index contributed by atoms with van der Waals surface area (Å²) < 4.78 is 4.77. The summed E-state index contributed by atoms with van der Waals surface area (Å²) in [5.41, 5.74) is 3.98. The van der Waals surface area contributed by atoms with Gasteiger partial charge < -0.3 is 4.74 Å². The highest BCUT2D eigenvalue weighted by Gasteiger charge is 2.35. The molecule has 3 rings (SSSR count). The second-order valence-corrected chi connectivity index (χ2v) is 5.83. The molecule has 124 valence electrons. The Morgan fingerprint density at radius 3 is 2.50 bits per heavy atom. The molecule has 0 aliphatic carbocycles. The third-order valence-electron chi connectivity index (χ3n) is 4.23. The number of carbonyl (C=O) groups excluding carboxylic acids is 2. The predicted molar refractivity (Wildman–Crippen MR) is 89.6 cm³/mol. The number of nitrogens with zero attached hydrogens (tertiary/aromatic N) is 1. The van der Waals surface area contributed by atoms with Crippen LogP contribution in [0.25, 0.3) is 0 Å². The fourth-order valence-electron chi connectivity index (χ4n) is 2.75. The largest absolute Gasteiger partial charge is 0.469 e. The third kappa shape index (κ3) is 2.90. The van der Waals surface area contributed by atoms with Crippen LogP contribution in [0.3, 0.4) is 0 Å². The number of hydrogen-bond donors (Lipinski definition) is 0. The van der Waals surface area contributed by atoms with Gasteiger partial charge in [-0.2, -0.15) is 5.06 Å². The number of anilines is 1. The maximum atomic E-state index is 12.9. The molecular weight excluding hydrogens is 306 g/mol. The van der Waals surface area contributed by atoms with Crippen LogP contribution in [-0.2, 0) is 14.4 Å². The van der Waals surface area contributed by atoms with Crippen LogP contribution in [0.1, 0.15) is 39.6 Å². The minimum Gasteiger partial charge on any atom is -0.469 e. The van der Waals surface area contributed by atoms with Crippen molar-refractivity contribution in [3.05, 3.63) is 64.7 Å². The first-order valence-corrected chi connectivity index (χ1v) is 7.75. The van der Waals surface area contributed by atoms with Gasteiger partial charge in [0.1, 0.15) is 6.10 Å². The molecule has 0 aromatic heterocycles. The number of benzene rings is 2. The van der Waals surface area contributed by atoms with Crippen molar-refractivity contribution in [2.45, 2.75) is 26.4 Å². The van der Waals surface area contributed by atoms with Gasteiger partial charge in [0, 0.05) is 5.56 Å². The molecule has 1 amide bonds. The topological polar surface area (TPSA) is 55.8 Å². The zero-order valence-corrected chi connectivity index (χ0v) is 13.9. The van der Waals surface area contributed by atoms with E-state index in [-0.39, 0.29) is 18.3 Å². The Kier molecular flexibility index (Phi) is 4.36. The van der Waals surface area contributed by atoms with Gasteiger partial charge in [-0.1, -0.05) is 24.3 Å². The van der Waals surface area contributed by atoms with Crippen molar-refractivity contribution in [3.63, 3.8) is 0 Å². The molecule has 5 heteroatoms. The zero-order chi connectivity index (χ0) is 17.3. The van der Waals surface area contributed by atoms with Crippen molar-refractivity contribution >= 4 is 17.6 Å². The molecule has 0 radical (unpaired) electrons. The van der Waals surface area contributed by atoms with Crippen molar-refractivity contribution in [1.29, 1.82) is 0 Å². The van der Waals surface area contributed by atoms with E-state index in [1.54, 1.807) is 12.1 Å². The molecular formula is C19H19NO4. The number of ether oxygens (including phenoxy) is 1. The van der Waals surface area contributed by atoms with E-state index in [4.69, 9.17) is 9.57 Å². The van der Waals surface area contributed by atoms with Crippen molar-refractivity contribution < 1.29 is 19.2 Å². The van der Waals surface area contributed by atoms with Crippen LogP contribution in [0, 0.1) is 13.8 Å². The monoisotopic (exact) mass is 325 g/mol. The quantitative estimate of drug-likeness (QED) is 0.811. The maximum absolute atomic E-state index is 12.9. The van der Waals surface area contributed by atoms with Crippen LogP contribution in [-0.4, -0.2) is 19.0 Å². The third-order valence-corrected chi connectivity index (χ3v) is 4.23. The Bertz CT molecular complexity index is 785. The first-order valence-electron chi connectivity index (χ1n) is 7.75. The van der Waals surface area contributed by atoms with Gasteiger partial charge in [-0.25, -0.2) is 0 Å². The Labute approximate surface area is 140 Å². The number of methoxy groups -OCH3 is 1. The van der Waals surface area contributed by atoms with E-state index in [2.05, 4.69) is 0 Å². The number of rotatable bonds is 3. The van der Waals surface area contributed by atoms with E-state index in [0.717, 1.165) is 16.7 Å². The molecule has 1 unspecified atom stereocenters. The van der Waals surface area contributed by atoms with Gasteiger partial charge in [0.2, 0.25) is 0 Å². The van der Waals surface area contributed by atoms with E-state index in [1.807, 2.05) is 44.2 Å². The molecule has 1 aliphatic rings. The Hall–Kier alpha value is -2.66. The van der Waals surface area contributed by atoms with Gasteiger partial charge >= 0.3 is 5.97 Å². The fourth-order valence-corrected chi connectivity index (χ4v) is 2.75. The summed E-state index contributed by atoms with van der Waals surface area (Å²) in [5, 5.41) is 1.25. The van der Waals surface area contributed by atoms with E-state index in [0.29, 0.717) is 11.3 Å². The lowest BCUT2D eigenvalue weighted by Gasteiger charge is -2.33. The lowest BCUT2D eigenvalue weighted by Crippen LogP contribution is -2.39. The highest BCUT2D eigenvalue weighted by molar-refractivity contribution is 6.07. The number of para-hydroxylation sites is 1. The number of hydrogen-bond acceptors (Lipinski definition) is 4. The van der Waals surface area contributed by atoms with Gasteiger partial charge in [0.15, 0.2) is 0 Å². The molecule has 0 bridgehead atoms. The molecule has 2 aromatic rings. The van der Waals surface area contributed by atoms with Gasteiger partial charge in [0.25, 0.3) is 5.91 Å². The van der Waals surface area contributed by atoms with Crippen LogP contribution < -0.4 is 5.06 Å². The molecule has 2 aromatic carbocycles. The summed E-state index contributed by atoms with van der Waals surface area (Å²) in [7, 11) is 1.34. The molecule has 0 N–H and O–H groups in total. The normalized spacial score (nSPS) is 16.7. The summed E-state index contributed by atoms with van der Waals surface area (Å²) in [4.78, 5) is 30.5. The summed E-state index contributed by atoms with van der Waals surface area (Å²) in [6.45, 7) is 3.93. The van der Waals surface area contributed by atoms with Gasteiger partial charge in [0.05, 0.1) is 19.2 Å². The standard InChI is InChI=1S/C19H19NO4/c1-12-9-15-16(10-13(12)2)19(22)20(14-7-5-4-6-8-14)24-17(15)11-18(21)23-3/h4-10,17H,11H2,1-3H3. The SMILES string of the molecule is COC(=O)CC1ON(c2ccccc2)C(=O)c2cc(C)c(C)cc21. The summed E-state index contributed by atoms with van der Waals surface area (Å²) >= 11 is 0. The van der Waals surface area contributed by atoms with Crippen LogP contribution in [0.15, 0.2) is 42.5 Å². The van der Waals surface area contributed by atoms with Gasteiger partial charge in [-0.15, -0.1) is 0 Å². The minimum atomic E-state index is -0.565. The minimum absolute atomic E-state index is 0.0443. The maximum Gasteiger partial charge on any atom is 0.308 e. The van der Waals surface area contributed by atoms with Crippen LogP contribution in [0.2, 0.25) is 0 Å². The van der Waals surface area contributed by atoms with Crippen molar-refractivity contribution in [1.82, 2.24) is 0 Å². The average molecular weight is 325 g/mol. The molecule has 0 spiro atoms. The molecule has 1 atom stereocenters. The van der Waals surface area contributed by atoms with E-state index in [1.165, 1.54) is 12.2 Å². The molecule has 24 heavy (non-hydrogen) atoms. The second-order valence-electron chi connectivity index (χ2n) is 5.83. The van der Waals surface area contributed by atoms with E-state index in [9.17, 15) is 9.59 Å². The first-order chi connectivity index (χ1) is 11.5. The molecule has 1 aliphatic heterocycles. The van der Waals surface area contributed by atoms with E-state index < -0.39 is 6.10 Å². The molecule has 5 nitrogen and oxygen atoms in total. The Morgan fingerprint density at radius 2 is 1.83 bits per heavy atom. The van der Waals surface area contributed by atoms with Gasteiger partial charge in [-0.05, 0) is 48.7 Å². The number of fused-ring (bicyclic) bond motifs is 1. The molecule has 1 heterocycles. The zero-order valence-electron chi connectivity index (χ0n) is 13.9. The number of esters is 1. The van der Waals surface area contributed by atoms with Crippen molar-refractivity contribution in [2.24, 2.45) is 0 Å². The lowest BCUT2D eigenvalue weighted by atomic mass is 9.93. The van der Waals surface area contributed by atoms with Gasteiger partial charge in [-0.3, -0.25) is 14.4 Å². The molecule has 0 fully saturated rings. The predicted octanol–water partition coefficient (Wildman–Crippen LogP) is 3.50. The average Bonchev–Trinajstić information content (AvgIpc) is 2.59. The number of aryl methyl sites for hydroxylation is 2. The second kappa shape index (κ2) is 6.45. The van der Waals surface area contributed by atoms with Crippen LogP contribution in [0.4, 0.5) is 5.69 Å². The summed E-state index contributed by atoms with van der Waals surface area (Å²) in [5.74, 6) is -0.619. The van der Waals surface area contributed by atoms with Crippen molar-refractivity contribution in [2.75, 3.05) is 12.2 Å². The van der Waals surface area contributed by atoms with Crippen LogP contribution in [0.5, 0.6) is 0 Å². The molecule has 0 saturated heterocycles. The Balaban J connectivity index is 2.07. The highest BCUT2D eigenvalue weighted by atomic mass is 16.7. The number of carbonyl (C=O) groups is 2. The number of hydroxylamine groups is 1. The van der Waals surface area contributed by atoms with Crippen LogP contribution >= 0.6 is 0 Å². The summed E-state index contributed by atoms with van der Waals surface area (Å²) in [6.07, 6.45) is -0.521. The fraction of sp³-hybridized carbons (Fsp3) is 0.263. The smallest absolute Gasteiger partial charge is 0.308 e. The van der Waals surface area contributed by atoms with Crippen molar-refractivity contribution in [3.8, 4) is 0 Å². The number of amides is 1. The Morgan fingerprint density at radius 1 is 1.17 bits per heavy atom.